The first-order valence-electron chi connectivity index (χ1n) is 8.72. The molecular weight excluding hydrogens is 401 g/mol. The molecule has 0 radical (unpaired) electrons. The summed E-state index contributed by atoms with van der Waals surface area (Å²) in [6.45, 7) is 7.48. The Morgan fingerprint density at radius 2 is 1.75 bits per heavy atom. The van der Waals surface area contributed by atoms with Crippen LogP contribution in [0.3, 0.4) is 0 Å². The Morgan fingerprint density at radius 1 is 1.14 bits per heavy atom. The normalized spacial score (nSPS) is 12.4. The van der Waals surface area contributed by atoms with Crippen molar-refractivity contribution in [1.82, 2.24) is 20.2 Å². The highest BCUT2D eigenvalue weighted by molar-refractivity contribution is 5.87. The zero-order valence-electron chi connectivity index (χ0n) is 16.5. The number of imidazole rings is 1. The number of hydrogen-bond acceptors (Lipinski definition) is 4. The topological polar surface area (TPSA) is 102 Å². The summed E-state index contributed by atoms with van der Waals surface area (Å²) in [5.74, 6) is 0.364. The Bertz CT molecular complexity index is 762. The summed E-state index contributed by atoms with van der Waals surface area (Å²) in [4.78, 5) is 28.1. The van der Waals surface area contributed by atoms with Crippen LogP contribution in [-0.4, -0.2) is 34.0 Å². The predicted molar refractivity (Wildman–Crippen MR) is 115 cm³/mol. The van der Waals surface area contributed by atoms with E-state index in [0.29, 0.717) is 0 Å². The maximum atomic E-state index is 12.0. The van der Waals surface area contributed by atoms with E-state index in [9.17, 15) is 9.59 Å². The molecule has 0 bridgehead atoms. The van der Waals surface area contributed by atoms with Gasteiger partial charge in [0.1, 0.15) is 5.82 Å². The average Bonchev–Trinajstić information content (AvgIpc) is 3.04. The molecule has 1 aromatic carbocycles. The van der Waals surface area contributed by atoms with Crippen LogP contribution in [0.25, 0.3) is 5.69 Å². The molecule has 0 aliphatic carbocycles. The highest BCUT2D eigenvalue weighted by atomic mass is 35.5. The van der Waals surface area contributed by atoms with E-state index in [1.54, 1.807) is 6.20 Å². The number of benzene rings is 1. The molecule has 0 spiro atoms. The van der Waals surface area contributed by atoms with Crippen LogP contribution in [0.2, 0.25) is 0 Å². The number of aryl methyl sites for hydroxylation is 1. The molecule has 1 unspecified atom stereocenters. The molecule has 2 atom stereocenters. The van der Waals surface area contributed by atoms with Gasteiger partial charge >= 0.3 is 0 Å². The molecule has 1 heterocycles. The van der Waals surface area contributed by atoms with E-state index in [4.69, 9.17) is 5.73 Å². The van der Waals surface area contributed by atoms with Gasteiger partial charge in [0.05, 0.1) is 18.6 Å². The minimum absolute atomic E-state index is 0. The van der Waals surface area contributed by atoms with E-state index in [-0.39, 0.29) is 55.1 Å². The summed E-state index contributed by atoms with van der Waals surface area (Å²) in [5.41, 5.74) is 7.74. The number of aromatic nitrogens is 2. The smallest absolute Gasteiger partial charge is 0.239 e. The number of nitrogens with one attached hydrogen (secondary N) is 2. The fourth-order valence-corrected chi connectivity index (χ4v) is 2.54. The lowest BCUT2D eigenvalue weighted by molar-refractivity contribution is -0.127. The van der Waals surface area contributed by atoms with Gasteiger partial charge < -0.3 is 20.9 Å². The number of halogens is 2. The van der Waals surface area contributed by atoms with E-state index in [1.807, 2.05) is 62.7 Å². The molecule has 0 saturated heterocycles. The summed E-state index contributed by atoms with van der Waals surface area (Å²) < 4.78 is 1.99. The molecule has 2 aromatic rings. The van der Waals surface area contributed by atoms with Crippen molar-refractivity contribution in [1.29, 1.82) is 0 Å². The van der Waals surface area contributed by atoms with Crippen LogP contribution in [0.15, 0.2) is 36.7 Å². The summed E-state index contributed by atoms with van der Waals surface area (Å²) in [6, 6.07) is 7.11. The first-order valence-corrected chi connectivity index (χ1v) is 8.72. The Kier molecular flexibility index (Phi) is 10.8. The number of nitrogens with two attached hydrogens (primary N) is 1. The standard InChI is InChI=1S/C19H27N5O2.2ClH/c1-12(2)18(20)19(26)22-11-17(25)23-13(3)15-5-7-16(8-6-15)24-10-9-21-14(24)4;;/h5-10,12-13,18H,11,20H2,1-4H3,(H,22,26)(H,23,25);2*1H/t13?,18-;;/m0../s1. The molecule has 0 aliphatic heterocycles. The van der Waals surface area contributed by atoms with Gasteiger partial charge in [-0.15, -0.1) is 24.8 Å². The number of nitrogens with zero attached hydrogens (tertiary/aromatic N) is 2. The van der Waals surface area contributed by atoms with Gasteiger partial charge in [-0.25, -0.2) is 4.98 Å². The van der Waals surface area contributed by atoms with Gasteiger partial charge in [0.25, 0.3) is 0 Å². The second kappa shape index (κ2) is 11.7. The van der Waals surface area contributed by atoms with Gasteiger partial charge in [-0.3, -0.25) is 9.59 Å². The van der Waals surface area contributed by atoms with Gasteiger partial charge in [0.2, 0.25) is 11.8 Å². The molecule has 1 aromatic heterocycles. The van der Waals surface area contributed by atoms with Gasteiger partial charge in [0, 0.05) is 18.1 Å². The van der Waals surface area contributed by atoms with E-state index in [2.05, 4.69) is 15.6 Å². The molecule has 7 nitrogen and oxygen atoms in total. The Morgan fingerprint density at radius 3 is 2.25 bits per heavy atom. The van der Waals surface area contributed by atoms with Crippen LogP contribution in [0.4, 0.5) is 0 Å². The van der Waals surface area contributed by atoms with Crippen LogP contribution in [0, 0.1) is 12.8 Å². The lowest BCUT2D eigenvalue weighted by Gasteiger charge is -2.17. The minimum Gasteiger partial charge on any atom is -0.348 e. The predicted octanol–water partition coefficient (Wildman–Crippen LogP) is 2.30. The van der Waals surface area contributed by atoms with Gasteiger partial charge in [-0.05, 0) is 37.5 Å². The number of carbonyl (C=O) groups excluding carboxylic acids is 2. The van der Waals surface area contributed by atoms with Crippen molar-refractivity contribution in [3.05, 3.63) is 48.0 Å². The first-order chi connectivity index (χ1) is 12.3. The molecule has 4 N–H and O–H groups in total. The summed E-state index contributed by atoms with van der Waals surface area (Å²) >= 11 is 0. The number of rotatable bonds is 7. The van der Waals surface area contributed by atoms with Gasteiger partial charge in [0.15, 0.2) is 0 Å². The van der Waals surface area contributed by atoms with Crippen molar-refractivity contribution in [2.45, 2.75) is 39.8 Å². The van der Waals surface area contributed by atoms with Crippen LogP contribution in [0.5, 0.6) is 0 Å². The number of amides is 2. The summed E-state index contributed by atoms with van der Waals surface area (Å²) in [5, 5.41) is 5.44. The molecule has 156 valence electrons. The molecule has 28 heavy (non-hydrogen) atoms. The van der Waals surface area contributed by atoms with E-state index >= 15 is 0 Å². The van der Waals surface area contributed by atoms with Crippen molar-refractivity contribution < 1.29 is 9.59 Å². The molecule has 2 amide bonds. The second-order valence-electron chi connectivity index (χ2n) is 6.71. The van der Waals surface area contributed by atoms with Crippen molar-refractivity contribution in [2.24, 2.45) is 11.7 Å². The van der Waals surface area contributed by atoms with Crippen LogP contribution in [0.1, 0.15) is 38.2 Å². The van der Waals surface area contributed by atoms with Crippen molar-refractivity contribution >= 4 is 36.6 Å². The zero-order valence-corrected chi connectivity index (χ0v) is 18.1. The monoisotopic (exact) mass is 429 g/mol. The lowest BCUT2D eigenvalue weighted by atomic mass is 10.1. The molecule has 0 fully saturated rings. The number of carbonyl (C=O) groups is 2. The van der Waals surface area contributed by atoms with Crippen LogP contribution < -0.4 is 16.4 Å². The molecule has 2 rings (SSSR count). The van der Waals surface area contributed by atoms with Crippen LogP contribution >= 0.6 is 24.8 Å². The van der Waals surface area contributed by atoms with Crippen molar-refractivity contribution in [3.63, 3.8) is 0 Å². The highest BCUT2D eigenvalue weighted by Gasteiger charge is 2.18. The molecular formula is C19H29Cl2N5O2. The SMILES string of the molecule is Cc1nccn1-c1ccc(C(C)NC(=O)CNC(=O)[C@@H](N)C(C)C)cc1.Cl.Cl. The van der Waals surface area contributed by atoms with Crippen molar-refractivity contribution in [3.8, 4) is 5.69 Å². The maximum Gasteiger partial charge on any atom is 0.239 e. The number of hydrogen-bond donors (Lipinski definition) is 3. The lowest BCUT2D eigenvalue weighted by Crippen LogP contribution is -2.47. The van der Waals surface area contributed by atoms with Crippen molar-refractivity contribution in [2.75, 3.05) is 6.54 Å². The zero-order chi connectivity index (χ0) is 19.3. The maximum absolute atomic E-state index is 12.0. The molecule has 9 heteroatoms. The third-order valence-corrected chi connectivity index (χ3v) is 4.32. The largest absolute Gasteiger partial charge is 0.348 e. The third-order valence-electron chi connectivity index (χ3n) is 4.32. The van der Waals surface area contributed by atoms with Gasteiger partial charge in [-0.1, -0.05) is 26.0 Å². The fraction of sp³-hybridized carbons (Fsp3) is 0.421. The summed E-state index contributed by atoms with van der Waals surface area (Å²) in [6.07, 6.45) is 3.66. The van der Waals surface area contributed by atoms with E-state index in [1.165, 1.54) is 0 Å². The van der Waals surface area contributed by atoms with Crippen LogP contribution in [-0.2, 0) is 9.59 Å². The quantitative estimate of drug-likeness (QED) is 0.627. The van der Waals surface area contributed by atoms with E-state index in [0.717, 1.165) is 17.1 Å². The molecule has 0 aliphatic rings. The Balaban J connectivity index is 0.00000364. The van der Waals surface area contributed by atoms with Gasteiger partial charge in [-0.2, -0.15) is 0 Å². The fourth-order valence-electron chi connectivity index (χ4n) is 2.54. The highest BCUT2D eigenvalue weighted by Crippen LogP contribution is 2.16. The third kappa shape index (κ3) is 6.82. The average molecular weight is 430 g/mol. The Labute approximate surface area is 178 Å². The summed E-state index contributed by atoms with van der Waals surface area (Å²) in [7, 11) is 0. The van der Waals surface area contributed by atoms with E-state index < -0.39 is 6.04 Å². The minimum atomic E-state index is -0.612. The molecule has 0 saturated carbocycles. The second-order valence-corrected chi connectivity index (χ2v) is 6.71. The first kappa shape index (κ1) is 25.9. The Hall–Kier alpha value is -2.09.